The molecule has 5 heterocycles. The second kappa shape index (κ2) is 66.2. The maximum atomic E-state index is 8.64. The number of halogens is 12. The fourth-order valence-corrected chi connectivity index (χ4v) is 13.0. The number of piperazine rings is 3. The van der Waals surface area contributed by atoms with Crippen molar-refractivity contribution in [1.82, 2.24) is 34.6 Å². The maximum absolute atomic E-state index is 8.64. The molecule has 2 aromatic heterocycles. The van der Waals surface area contributed by atoms with Crippen LogP contribution in [0.3, 0.4) is 0 Å². The van der Waals surface area contributed by atoms with E-state index in [1.54, 1.807) is 43.0 Å². The number of alkyl halides is 3. The minimum Gasteiger partial charge on any atom is -1.00 e. The molecule has 3 aliphatic rings. The van der Waals surface area contributed by atoms with Crippen LogP contribution in [-0.4, -0.2) is 131 Å². The van der Waals surface area contributed by atoms with E-state index in [2.05, 4.69) is 111 Å². The number of nitrogens with zero attached hydrogens (tertiary/aromatic N) is 10. The van der Waals surface area contributed by atoms with Gasteiger partial charge >= 0.3 is 241 Å². The molecule has 11 rings (SSSR count). The zero-order valence-corrected chi connectivity index (χ0v) is 86.9. The summed E-state index contributed by atoms with van der Waals surface area (Å²) in [5, 5.41) is 42.2. The Labute approximate surface area is 875 Å². The third kappa shape index (κ3) is 43.3. The molecule has 0 bridgehead atoms. The predicted molar refractivity (Wildman–Crippen MR) is 409 cm³/mol. The van der Waals surface area contributed by atoms with Crippen molar-refractivity contribution < 1.29 is 273 Å². The summed E-state index contributed by atoms with van der Waals surface area (Å²) in [6.07, 6.45) is 13.9. The van der Waals surface area contributed by atoms with Crippen LogP contribution in [0.1, 0.15) is 70.8 Å². The van der Waals surface area contributed by atoms with E-state index in [0.29, 0.717) is 36.0 Å². The third-order valence-corrected chi connectivity index (χ3v) is 17.9. The van der Waals surface area contributed by atoms with E-state index in [1.807, 2.05) is 97.6 Å². The zero-order chi connectivity index (χ0) is 72.7. The minimum absolute atomic E-state index is 0. The van der Waals surface area contributed by atoms with Gasteiger partial charge in [-0.15, -0.1) is 23.2 Å². The Balaban J connectivity index is -0.000000617. The zero-order valence-electron chi connectivity index (χ0n) is 60.2. The number of benzene rings is 6. The number of carbonyl (C=O) groups excluding carboxylic acids is 2. The third-order valence-electron chi connectivity index (χ3n) is 14.4. The number of hydrogen-bond acceptors (Lipinski definition) is 16. The molecule has 2 N–H and O–H groups in total. The molecule has 34 heteroatoms. The SMILES string of the molecule is CC#N.CC#N.ClCCCBr.ClCCCN1CCN(c2ccc(Cl)cc2Cl)[C@H](c2ccc(Cl)cc2)C1.Clc1ccc([C@@H]2CN(CCCn3ccnc3)CCN2c2ccc(Cl)cc2Cl)cc1.Clc1ccc([C@@H]2CNCCN2c2ccc(Cl)cc2Cl)cc1.O=CO[O-].O=CO[O-].[Cs+].[Cs+].[H-].[H-].[K+].[K+].c1c[nH]cn1. The van der Waals surface area contributed by atoms with E-state index >= 15 is 0 Å². The molecule has 0 aliphatic carbocycles. The number of aromatic amines is 1. The van der Waals surface area contributed by atoms with Gasteiger partial charge in [0.05, 0.1) is 75.0 Å². The maximum Gasteiger partial charge on any atom is 1.00 e. The van der Waals surface area contributed by atoms with Crippen LogP contribution in [0.15, 0.2) is 165 Å². The first-order chi connectivity index (χ1) is 47.9. The van der Waals surface area contributed by atoms with Gasteiger partial charge in [-0.25, -0.2) is 9.97 Å². The molecule has 8 aromatic rings. The smallest absolute Gasteiger partial charge is 1.00 e. The van der Waals surface area contributed by atoms with Crippen molar-refractivity contribution in [1.29, 1.82) is 10.5 Å². The molecule has 0 radical (unpaired) electrons. The molecule has 18 nitrogen and oxygen atoms in total. The molecular formula is C69H78BrCl11Cs2K2N12O6. The molecule has 3 saturated heterocycles. The average Bonchev–Trinajstić information content (AvgIpc) is 1.22. The Kier molecular flexibility index (Phi) is 68.8. The van der Waals surface area contributed by atoms with E-state index in [4.69, 9.17) is 158 Å². The van der Waals surface area contributed by atoms with Gasteiger partial charge in [-0.05, 0) is 133 Å². The standard InChI is InChI=1S/C22H23Cl3N4.C19H20Cl4N2.C16H15Cl3N2.C3H6BrCl.C3H4N2.2C2H3N.2CH2O3.2Cs.2K.2H/c23-18-4-2-17(3-5-18)22-15-27(9-1-10-28-11-8-26-16-28)12-13-29(22)21-7-6-19(24)14-20(21)25;20-8-1-9-24-10-11-25(18-7-6-16(22)12-17(18)23)19(13-24)14-2-4-15(21)5-3-14;17-12-3-1-11(2-4-12)16-10-20-7-8-21(16)15-6-5-13(18)9-14(15)19;4-2-1-3-5;1-2-5-3-4-1;2*1-2-3;2*2-1-4-3;;;;;;/h2-8,11,14,16,22H,1,9-10,12-13,15H2;2-7,12,19H,1,8-11,13H2;1-6,9,16,20H,7-8,10H2;1-3H2;1-3H,(H,4,5);2*1H3;2*1,3H;;;;;;/q;;;;;;;;;4*+1;2*-1/p-2/t22-;19-;16-;;;;;;;;;;;;/m000............/s1. The van der Waals surface area contributed by atoms with E-state index in [-0.39, 0.29) is 274 Å². The number of anilines is 3. The van der Waals surface area contributed by atoms with Crippen LogP contribution in [0.5, 0.6) is 0 Å². The van der Waals surface area contributed by atoms with Gasteiger partial charge < -0.3 is 52.7 Å². The summed E-state index contributed by atoms with van der Waals surface area (Å²) < 4.78 is 2.13. The normalized spacial score (nSPS) is 14.7. The van der Waals surface area contributed by atoms with Crippen molar-refractivity contribution in [3.8, 4) is 12.1 Å². The van der Waals surface area contributed by atoms with Crippen LogP contribution in [0.2, 0.25) is 45.2 Å². The average molecular weight is 1990 g/mol. The van der Waals surface area contributed by atoms with E-state index in [1.165, 1.54) is 30.5 Å². The van der Waals surface area contributed by atoms with Crippen molar-refractivity contribution in [2.24, 2.45) is 0 Å². The van der Waals surface area contributed by atoms with Crippen LogP contribution in [0.25, 0.3) is 0 Å². The molecule has 0 amide bonds. The van der Waals surface area contributed by atoms with Crippen molar-refractivity contribution in [2.75, 3.05) is 104 Å². The van der Waals surface area contributed by atoms with E-state index in [0.717, 1.165) is 141 Å². The Bertz CT molecular complexity index is 3560. The number of carbonyl (C=O) groups is 2. The van der Waals surface area contributed by atoms with Gasteiger partial charge in [0.25, 0.3) is 12.9 Å². The fraction of sp³-hybridized carbons (Fsp3) is 0.333. The van der Waals surface area contributed by atoms with E-state index < -0.39 is 0 Å². The number of imidazole rings is 2. The van der Waals surface area contributed by atoms with Crippen LogP contribution in [0.4, 0.5) is 17.1 Å². The van der Waals surface area contributed by atoms with E-state index in [9.17, 15) is 0 Å². The van der Waals surface area contributed by atoms with Crippen LogP contribution < -0.4 is 271 Å². The van der Waals surface area contributed by atoms with Crippen LogP contribution in [0, 0.1) is 22.7 Å². The summed E-state index contributed by atoms with van der Waals surface area (Å²) in [4.78, 5) is 45.1. The fourth-order valence-electron chi connectivity index (χ4n) is 10.2. The number of hydrogen-bond donors (Lipinski definition) is 2. The molecule has 0 unspecified atom stereocenters. The minimum atomic E-state index is -0.181. The molecule has 103 heavy (non-hydrogen) atoms. The number of nitriles is 2. The largest absolute Gasteiger partial charge is 1.00 e. The Hall–Kier alpha value is 1.91. The Morgan fingerprint density at radius 2 is 0.913 bits per heavy atom. The summed E-state index contributed by atoms with van der Waals surface area (Å²) >= 11 is 70.1. The van der Waals surface area contributed by atoms with Gasteiger partial charge in [0.2, 0.25) is 0 Å². The Morgan fingerprint density at radius 1 is 0.544 bits per heavy atom. The summed E-state index contributed by atoms with van der Waals surface area (Å²) in [5.74, 6) is 1.46. The van der Waals surface area contributed by atoms with Gasteiger partial charge in [-0.1, -0.05) is 157 Å². The first kappa shape index (κ1) is 107. The molecule has 3 aliphatic heterocycles. The molecule has 538 valence electrons. The molecule has 3 atom stereocenters. The quantitative estimate of drug-likeness (QED) is 0.0387. The monoisotopic (exact) mass is 1980 g/mol. The predicted octanol–water partition coefficient (Wildman–Crippen LogP) is 5.32. The number of aryl methyl sites for hydroxylation is 1. The van der Waals surface area contributed by atoms with Gasteiger partial charge in [-0.3, -0.25) is 19.4 Å². The molecule has 3 fully saturated rings. The van der Waals surface area contributed by atoms with Crippen molar-refractivity contribution >= 4 is 174 Å². The first-order valence-corrected chi connectivity index (χ1v) is 36.2. The molecule has 0 spiro atoms. The summed E-state index contributed by atoms with van der Waals surface area (Å²) in [6.45, 7) is 13.9. The van der Waals surface area contributed by atoms with Gasteiger partial charge in [0.1, 0.15) is 0 Å². The van der Waals surface area contributed by atoms with Crippen LogP contribution in [-0.2, 0) is 25.9 Å². The number of H-pyrrole nitrogens is 1. The van der Waals surface area contributed by atoms with Gasteiger partial charge in [0.15, 0.2) is 0 Å². The second-order valence-electron chi connectivity index (χ2n) is 20.9. The number of aromatic nitrogens is 4. The molecule has 6 aromatic carbocycles. The molecule has 0 saturated carbocycles. The first-order valence-electron chi connectivity index (χ1n) is 30.6. The Morgan fingerprint density at radius 3 is 1.21 bits per heavy atom. The molecular weight excluding hydrogens is 1910 g/mol. The second-order valence-corrected chi connectivity index (χ2v) is 26.3. The number of rotatable bonds is 17. The van der Waals surface area contributed by atoms with Crippen molar-refractivity contribution in [2.45, 2.75) is 57.8 Å². The summed E-state index contributed by atoms with van der Waals surface area (Å²) in [6, 6.07) is 45.4. The number of nitrogens with one attached hydrogen (secondary N) is 2. The van der Waals surface area contributed by atoms with Gasteiger partial charge in [-0.2, -0.15) is 10.5 Å². The van der Waals surface area contributed by atoms with Crippen molar-refractivity contribution in [3.63, 3.8) is 0 Å². The van der Waals surface area contributed by atoms with Gasteiger partial charge in [0, 0.05) is 158 Å². The summed E-state index contributed by atoms with van der Waals surface area (Å²) in [5.41, 5.74) is 6.74. The van der Waals surface area contributed by atoms with Crippen LogP contribution >= 0.6 is 144 Å². The van der Waals surface area contributed by atoms with Crippen molar-refractivity contribution in [3.05, 3.63) is 227 Å². The summed E-state index contributed by atoms with van der Waals surface area (Å²) in [7, 11) is 0. The topological polar surface area (TPSA) is 221 Å².